The van der Waals surface area contributed by atoms with E-state index in [1.165, 1.54) is 12.1 Å². The van der Waals surface area contributed by atoms with E-state index in [4.69, 9.17) is 14.0 Å². The van der Waals surface area contributed by atoms with Crippen molar-refractivity contribution >= 4 is 28.9 Å². The number of methoxy groups -OCH3 is 1. The van der Waals surface area contributed by atoms with Crippen molar-refractivity contribution in [3.05, 3.63) is 60.1 Å². The van der Waals surface area contributed by atoms with Crippen molar-refractivity contribution in [2.75, 3.05) is 33.4 Å². The molecule has 0 N–H and O–H groups in total. The van der Waals surface area contributed by atoms with Crippen LogP contribution in [0.3, 0.4) is 0 Å². The molecule has 1 aliphatic heterocycles. The highest BCUT2D eigenvalue weighted by Crippen LogP contribution is 2.33. The van der Waals surface area contributed by atoms with Crippen LogP contribution in [0.25, 0.3) is 16.5 Å². The average Bonchev–Trinajstić information content (AvgIpc) is 3.20. The highest BCUT2D eigenvalue weighted by molar-refractivity contribution is 5.85. The maximum atomic E-state index is 13.4. The molecule has 2 aromatic carbocycles. The van der Waals surface area contributed by atoms with Gasteiger partial charge in [-0.05, 0) is 69.1 Å². The van der Waals surface area contributed by atoms with Gasteiger partial charge in [0.25, 0.3) is 0 Å². The first-order chi connectivity index (χ1) is 15.0. The predicted molar refractivity (Wildman–Crippen MR) is 127 cm³/mol. The van der Waals surface area contributed by atoms with Crippen LogP contribution in [0.4, 0.5) is 4.39 Å². The molecule has 0 saturated carbocycles. The molecule has 1 aromatic heterocycles. The second-order valence-electron chi connectivity index (χ2n) is 8.17. The molecule has 0 spiro atoms. The van der Waals surface area contributed by atoms with Crippen LogP contribution in [0.15, 0.2) is 47.5 Å². The van der Waals surface area contributed by atoms with Gasteiger partial charge < -0.3 is 18.9 Å². The highest BCUT2D eigenvalue weighted by atomic mass is 35.5. The topological polar surface area (TPSA) is 47.7 Å². The quantitative estimate of drug-likeness (QED) is 0.381. The molecule has 0 unspecified atom stereocenters. The van der Waals surface area contributed by atoms with E-state index >= 15 is 0 Å². The summed E-state index contributed by atoms with van der Waals surface area (Å²) in [7, 11) is 1.66. The zero-order valence-corrected chi connectivity index (χ0v) is 19.4. The summed E-state index contributed by atoms with van der Waals surface area (Å²) in [5, 5.41) is 5.16. The van der Waals surface area contributed by atoms with Crippen LogP contribution >= 0.6 is 12.4 Å². The van der Waals surface area contributed by atoms with Crippen LogP contribution in [0, 0.1) is 5.82 Å². The van der Waals surface area contributed by atoms with Crippen molar-refractivity contribution in [2.24, 2.45) is 0 Å². The lowest BCUT2D eigenvalue weighted by molar-refractivity contribution is 0.189. The summed E-state index contributed by atoms with van der Waals surface area (Å²) in [6.07, 6.45) is 2.99. The molecule has 1 aliphatic rings. The molecule has 0 aliphatic carbocycles. The second kappa shape index (κ2) is 10.8. The third kappa shape index (κ3) is 5.43. The molecule has 0 radical (unpaired) electrons. The molecule has 7 heteroatoms. The number of aromatic nitrogens is 1. The Kier molecular flexibility index (Phi) is 8.15. The molecule has 172 valence electrons. The Morgan fingerprint density at radius 1 is 1.19 bits per heavy atom. The number of halogens is 2. The van der Waals surface area contributed by atoms with Gasteiger partial charge in [-0.2, -0.15) is 0 Å². The van der Waals surface area contributed by atoms with Gasteiger partial charge >= 0.3 is 0 Å². The number of likely N-dealkylation sites (tertiary alicyclic amines) is 1. The molecule has 1 fully saturated rings. The van der Waals surface area contributed by atoms with E-state index in [1.807, 2.05) is 25.1 Å². The fourth-order valence-corrected chi connectivity index (χ4v) is 4.18. The van der Waals surface area contributed by atoms with E-state index in [0.29, 0.717) is 18.1 Å². The minimum atomic E-state index is -0.295. The normalized spacial score (nSPS) is 14.8. The summed E-state index contributed by atoms with van der Waals surface area (Å²) >= 11 is 0. The van der Waals surface area contributed by atoms with Gasteiger partial charge in [0.1, 0.15) is 5.82 Å². The molecule has 0 bridgehead atoms. The second-order valence-corrected chi connectivity index (χ2v) is 8.17. The van der Waals surface area contributed by atoms with E-state index < -0.39 is 0 Å². The van der Waals surface area contributed by atoms with Gasteiger partial charge in [-0.1, -0.05) is 23.4 Å². The zero-order chi connectivity index (χ0) is 21.8. The summed E-state index contributed by atoms with van der Waals surface area (Å²) in [4.78, 5) is 2.46. The van der Waals surface area contributed by atoms with Crippen LogP contribution in [0.2, 0.25) is 0 Å². The van der Waals surface area contributed by atoms with Crippen molar-refractivity contribution < 1.29 is 18.4 Å². The summed E-state index contributed by atoms with van der Waals surface area (Å²) in [5.74, 6) is 1.56. The van der Waals surface area contributed by atoms with Gasteiger partial charge in [0.2, 0.25) is 0 Å². The molecule has 4 rings (SSSR count). The van der Waals surface area contributed by atoms with Crippen LogP contribution < -0.4 is 9.47 Å². The molecule has 32 heavy (non-hydrogen) atoms. The number of fused-ring (bicyclic) bond motifs is 1. The SMILES string of the molecule is C=C(C)c1ccc(OCCCN2CCC(c3noc4cc(F)ccc34)CC2)c(OC)c1.Cl. The van der Waals surface area contributed by atoms with Crippen LogP contribution in [-0.4, -0.2) is 43.4 Å². The van der Waals surface area contributed by atoms with Crippen molar-refractivity contribution in [2.45, 2.75) is 32.1 Å². The van der Waals surface area contributed by atoms with E-state index in [2.05, 4.69) is 16.6 Å². The van der Waals surface area contributed by atoms with Gasteiger partial charge in [-0.15, -0.1) is 12.4 Å². The first kappa shape index (κ1) is 24.1. The number of piperidine rings is 1. The highest BCUT2D eigenvalue weighted by Gasteiger charge is 2.25. The van der Waals surface area contributed by atoms with Crippen molar-refractivity contribution in [1.29, 1.82) is 0 Å². The number of hydrogen-bond donors (Lipinski definition) is 0. The zero-order valence-electron chi connectivity index (χ0n) is 18.6. The van der Waals surface area contributed by atoms with E-state index in [0.717, 1.165) is 72.6 Å². The fourth-order valence-electron chi connectivity index (χ4n) is 4.18. The Labute approximate surface area is 194 Å². The van der Waals surface area contributed by atoms with E-state index in [-0.39, 0.29) is 18.2 Å². The molecule has 0 atom stereocenters. The Balaban J connectivity index is 0.00000289. The summed E-state index contributed by atoms with van der Waals surface area (Å²) < 4.78 is 30.1. The third-order valence-corrected chi connectivity index (χ3v) is 5.97. The lowest BCUT2D eigenvalue weighted by Crippen LogP contribution is -2.34. The number of ether oxygens (including phenoxy) is 2. The lowest BCUT2D eigenvalue weighted by Gasteiger charge is -2.31. The Morgan fingerprint density at radius 3 is 2.69 bits per heavy atom. The lowest BCUT2D eigenvalue weighted by atomic mass is 9.91. The smallest absolute Gasteiger partial charge is 0.170 e. The minimum Gasteiger partial charge on any atom is -0.493 e. The maximum absolute atomic E-state index is 13.4. The Morgan fingerprint density at radius 2 is 1.97 bits per heavy atom. The summed E-state index contributed by atoms with van der Waals surface area (Å²) in [6, 6.07) is 10.6. The van der Waals surface area contributed by atoms with Gasteiger partial charge in [0.05, 0.1) is 19.4 Å². The fraction of sp³-hybridized carbons (Fsp3) is 0.400. The maximum Gasteiger partial charge on any atom is 0.170 e. The van der Waals surface area contributed by atoms with Gasteiger partial charge in [0, 0.05) is 23.9 Å². The number of nitrogens with zero attached hydrogens (tertiary/aromatic N) is 2. The number of allylic oxidation sites excluding steroid dienone is 1. The first-order valence-electron chi connectivity index (χ1n) is 10.8. The molecular formula is C25H30ClFN2O3. The molecular weight excluding hydrogens is 431 g/mol. The average molecular weight is 461 g/mol. The Hall–Kier alpha value is -2.57. The Bertz CT molecular complexity index is 1060. The number of rotatable bonds is 8. The molecule has 2 heterocycles. The van der Waals surface area contributed by atoms with Crippen molar-refractivity contribution in [1.82, 2.24) is 10.1 Å². The minimum absolute atomic E-state index is 0. The van der Waals surface area contributed by atoms with E-state index in [1.54, 1.807) is 13.2 Å². The van der Waals surface area contributed by atoms with Crippen LogP contribution in [0.5, 0.6) is 11.5 Å². The predicted octanol–water partition coefficient (Wildman–Crippen LogP) is 6.08. The summed E-state index contributed by atoms with van der Waals surface area (Å²) in [5.41, 5.74) is 3.54. The van der Waals surface area contributed by atoms with Gasteiger partial charge in [-0.3, -0.25) is 0 Å². The molecule has 1 saturated heterocycles. The largest absolute Gasteiger partial charge is 0.493 e. The van der Waals surface area contributed by atoms with Gasteiger partial charge in [-0.25, -0.2) is 4.39 Å². The van der Waals surface area contributed by atoms with Crippen LogP contribution in [0.1, 0.15) is 43.4 Å². The van der Waals surface area contributed by atoms with Crippen molar-refractivity contribution in [3.63, 3.8) is 0 Å². The number of benzene rings is 2. The molecule has 3 aromatic rings. The van der Waals surface area contributed by atoms with E-state index in [9.17, 15) is 4.39 Å². The molecule has 0 amide bonds. The van der Waals surface area contributed by atoms with Gasteiger partial charge in [0.15, 0.2) is 17.1 Å². The molecule has 5 nitrogen and oxygen atoms in total. The monoisotopic (exact) mass is 460 g/mol. The standard InChI is InChI=1S/C25H29FN2O3.ClH/c1-17(2)19-5-8-22(24(15-19)29-3)30-14-4-11-28-12-9-18(10-13-28)25-21-7-6-20(26)16-23(21)31-27-25;/h5-8,15-16,18H,1,4,9-14H2,2-3H3;1H. The number of hydrogen-bond acceptors (Lipinski definition) is 5. The first-order valence-corrected chi connectivity index (χ1v) is 10.8. The summed E-state index contributed by atoms with van der Waals surface area (Å²) in [6.45, 7) is 9.60. The van der Waals surface area contributed by atoms with Crippen LogP contribution in [-0.2, 0) is 0 Å². The van der Waals surface area contributed by atoms with Crippen molar-refractivity contribution in [3.8, 4) is 11.5 Å². The third-order valence-electron chi connectivity index (χ3n) is 5.97.